The largest absolute Gasteiger partial charge is 0.417 e. The Morgan fingerprint density at radius 2 is 1.40 bits per heavy atom. The molecule has 1 aromatic carbocycles. The van der Waals surface area contributed by atoms with Gasteiger partial charge in [0.15, 0.2) is 0 Å². The van der Waals surface area contributed by atoms with Crippen LogP contribution in [-0.4, -0.2) is 10.6 Å². The van der Waals surface area contributed by atoms with Crippen LogP contribution in [0.1, 0.15) is 21.5 Å². The van der Waals surface area contributed by atoms with E-state index in [0.29, 0.717) is 0 Å². The highest BCUT2D eigenvalue weighted by molar-refractivity contribution is 9.10. The van der Waals surface area contributed by atoms with Crippen molar-refractivity contribution in [1.82, 2.24) is 0 Å². The van der Waals surface area contributed by atoms with Gasteiger partial charge in [0.05, 0.1) is 11.1 Å². The van der Waals surface area contributed by atoms with Gasteiger partial charge in [-0.15, -0.1) is 0 Å². The molecule has 1 nitrogen and oxygen atoms in total. The maximum Gasteiger partial charge on any atom is 0.417 e. The Labute approximate surface area is 114 Å². The number of rotatable bonds is 2. The van der Waals surface area contributed by atoms with Crippen LogP contribution in [0.4, 0.5) is 35.1 Å². The summed E-state index contributed by atoms with van der Waals surface area (Å²) in [5.74, 6) is -2.41. The molecule has 0 bridgehead atoms. The molecule has 0 spiro atoms. The second kappa shape index (κ2) is 4.97. The van der Waals surface area contributed by atoms with Crippen molar-refractivity contribution in [3.8, 4) is 0 Å². The highest BCUT2D eigenvalue weighted by Gasteiger charge is 2.44. The number of carbonyl (C=O) groups is 1. The van der Waals surface area contributed by atoms with Crippen molar-refractivity contribution in [3.63, 3.8) is 0 Å². The second-order valence-electron chi connectivity index (χ2n) is 3.58. The zero-order valence-corrected chi connectivity index (χ0v) is 10.6. The fourth-order valence-electron chi connectivity index (χ4n) is 1.31. The molecule has 0 fully saturated rings. The van der Waals surface area contributed by atoms with Gasteiger partial charge < -0.3 is 0 Å². The third-order valence-corrected chi connectivity index (χ3v) is 2.51. The Balaban J connectivity index is 3.55. The van der Waals surface area contributed by atoms with Crippen molar-refractivity contribution in [2.45, 2.75) is 17.2 Å². The molecule has 0 radical (unpaired) electrons. The van der Waals surface area contributed by atoms with Crippen LogP contribution in [0.3, 0.4) is 0 Å². The fourth-order valence-corrected chi connectivity index (χ4v) is 1.52. The van der Waals surface area contributed by atoms with Gasteiger partial charge >= 0.3 is 17.2 Å². The molecule has 0 atom stereocenters. The zero-order chi connectivity index (χ0) is 15.9. The maximum absolute atomic E-state index is 12.7. The van der Waals surface area contributed by atoms with E-state index in [1.54, 1.807) is 0 Å². The number of hydrogen-bond acceptors (Lipinski definition) is 1. The lowest BCUT2D eigenvalue weighted by molar-refractivity contribution is -0.141. The summed E-state index contributed by atoms with van der Waals surface area (Å²) in [6.07, 6.45) is -10.3. The van der Waals surface area contributed by atoms with Crippen molar-refractivity contribution in [2.75, 3.05) is 0 Å². The summed E-state index contributed by atoms with van der Waals surface area (Å²) in [7, 11) is 0. The number of benzene rings is 1. The summed E-state index contributed by atoms with van der Waals surface area (Å²) >= 11 is 1.53. The molecule has 0 saturated carbocycles. The third kappa shape index (κ3) is 3.68. The number of hydrogen-bond donors (Lipinski definition) is 0. The molecule has 1 aromatic rings. The van der Waals surface area contributed by atoms with Gasteiger partial charge in [-0.1, -0.05) is 0 Å². The molecule has 0 heterocycles. The topological polar surface area (TPSA) is 17.1 Å². The molecule has 0 aromatic heterocycles. The molecule has 0 N–H and O–H groups in total. The number of halogens is 9. The molecular formula is C10H3BrF8O. The monoisotopic (exact) mass is 370 g/mol. The van der Waals surface area contributed by atoms with Gasteiger partial charge in [-0.05, 0) is 34.1 Å². The van der Waals surface area contributed by atoms with Gasteiger partial charge in [0.1, 0.15) is 0 Å². The molecule has 0 aliphatic rings. The normalized spacial score (nSPS) is 13.4. The number of alkyl halides is 9. The van der Waals surface area contributed by atoms with Crippen molar-refractivity contribution >= 4 is 21.7 Å². The van der Waals surface area contributed by atoms with E-state index in [4.69, 9.17) is 0 Å². The van der Waals surface area contributed by atoms with Gasteiger partial charge in [-0.3, -0.25) is 4.79 Å². The highest BCUT2D eigenvalue weighted by atomic mass is 79.9. The lowest BCUT2D eigenvalue weighted by Gasteiger charge is -2.16. The summed E-state index contributed by atoms with van der Waals surface area (Å²) in [6, 6.07) is -0.249. The molecule has 0 amide bonds. The Morgan fingerprint density at radius 3 is 1.75 bits per heavy atom. The Hall–Kier alpha value is -1.19. The minimum atomic E-state index is -5.24. The molecule has 10 heteroatoms. The first kappa shape index (κ1) is 16.9. The van der Waals surface area contributed by atoms with E-state index >= 15 is 0 Å². The van der Waals surface area contributed by atoms with E-state index in [9.17, 15) is 39.9 Å². The standard InChI is InChI=1S/C10H3BrF8O/c11-8(12,13)7(20)5-3-4(9(14,15)16)1-2-6(5)10(17,18)19/h1-3H. The Bertz CT molecular complexity index is 526. The van der Waals surface area contributed by atoms with E-state index in [1.165, 1.54) is 15.9 Å². The van der Waals surface area contributed by atoms with Gasteiger partial charge in [0, 0.05) is 5.56 Å². The molecule has 0 aliphatic heterocycles. The maximum atomic E-state index is 12.7. The van der Waals surface area contributed by atoms with Crippen LogP contribution < -0.4 is 0 Å². The van der Waals surface area contributed by atoms with Gasteiger partial charge in [-0.2, -0.15) is 35.1 Å². The molecule has 0 aliphatic carbocycles. The first-order valence-corrected chi connectivity index (χ1v) is 5.44. The quantitative estimate of drug-likeness (QED) is 0.411. The van der Waals surface area contributed by atoms with Crippen LogP contribution in [0.5, 0.6) is 0 Å². The lowest BCUT2D eigenvalue weighted by Crippen LogP contribution is -2.25. The van der Waals surface area contributed by atoms with Crippen molar-refractivity contribution in [3.05, 3.63) is 34.9 Å². The second-order valence-corrected chi connectivity index (χ2v) is 4.58. The van der Waals surface area contributed by atoms with Crippen molar-refractivity contribution in [1.29, 1.82) is 0 Å². The predicted octanol–water partition coefficient (Wildman–Crippen LogP) is 4.89. The number of carbonyl (C=O) groups excluding carboxylic acids is 1. The van der Waals surface area contributed by atoms with E-state index < -0.39 is 39.7 Å². The summed E-state index contributed by atoms with van der Waals surface area (Å²) in [4.78, 5) is 6.74. The number of ketones is 1. The van der Waals surface area contributed by atoms with Crippen LogP contribution >= 0.6 is 15.9 Å². The third-order valence-electron chi connectivity index (χ3n) is 2.15. The average Bonchev–Trinajstić information content (AvgIpc) is 2.23. The van der Waals surface area contributed by atoms with E-state index in [2.05, 4.69) is 0 Å². The van der Waals surface area contributed by atoms with E-state index in [1.807, 2.05) is 0 Å². The van der Waals surface area contributed by atoms with Crippen molar-refractivity contribution in [2.24, 2.45) is 0 Å². The predicted molar refractivity (Wildman–Crippen MR) is 54.7 cm³/mol. The molecule has 0 saturated heterocycles. The van der Waals surface area contributed by atoms with Gasteiger partial charge in [-0.25, -0.2) is 0 Å². The van der Waals surface area contributed by atoms with Gasteiger partial charge in [0.25, 0.3) is 0 Å². The summed E-state index contributed by atoms with van der Waals surface area (Å²) in [5, 5.41) is 0. The lowest BCUT2D eigenvalue weighted by atomic mass is 9.99. The molecule has 1 rings (SSSR count). The molecule has 20 heavy (non-hydrogen) atoms. The van der Waals surface area contributed by atoms with Crippen LogP contribution in [0.15, 0.2) is 18.2 Å². The van der Waals surface area contributed by atoms with Crippen LogP contribution in [0, 0.1) is 0 Å². The zero-order valence-electron chi connectivity index (χ0n) is 9.04. The van der Waals surface area contributed by atoms with Gasteiger partial charge in [0.2, 0.25) is 5.78 Å². The Kier molecular flexibility index (Phi) is 4.19. The smallest absolute Gasteiger partial charge is 0.286 e. The fraction of sp³-hybridized carbons (Fsp3) is 0.300. The van der Waals surface area contributed by atoms with Crippen LogP contribution in [0.2, 0.25) is 0 Å². The van der Waals surface area contributed by atoms with Crippen LogP contribution in [0.25, 0.3) is 0 Å². The minimum Gasteiger partial charge on any atom is -0.286 e. The number of Topliss-reactive ketones (excluding diaryl/α,β-unsaturated/α-hetero) is 1. The van der Waals surface area contributed by atoms with E-state index in [-0.39, 0.29) is 18.2 Å². The highest BCUT2D eigenvalue weighted by Crippen LogP contribution is 2.39. The van der Waals surface area contributed by atoms with E-state index in [0.717, 1.165) is 0 Å². The average molecular weight is 371 g/mol. The summed E-state index contributed by atoms with van der Waals surface area (Å²) in [6.45, 7) is 0. The molecular weight excluding hydrogens is 368 g/mol. The Morgan fingerprint density at radius 1 is 0.900 bits per heavy atom. The first-order valence-electron chi connectivity index (χ1n) is 4.64. The van der Waals surface area contributed by atoms with Crippen molar-refractivity contribution < 1.29 is 39.9 Å². The van der Waals surface area contributed by atoms with Crippen LogP contribution in [-0.2, 0) is 12.4 Å². The SMILES string of the molecule is O=C(c1cc(C(F)(F)F)ccc1C(F)(F)F)C(F)(F)Br. The summed E-state index contributed by atoms with van der Waals surface area (Å²) < 4.78 is 100. The summed E-state index contributed by atoms with van der Waals surface area (Å²) in [5.41, 5.74) is -5.26. The first-order chi connectivity index (χ1) is 8.74. The molecule has 112 valence electrons. The molecule has 0 unspecified atom stereocenters. The minimum absolute atomic E-state index is 0.0607.